The highest BCUT2D eigenvalue weighted by atomic mass is 32.1. The largest absolute Gasteiger partial charge is 0.445 e. The van der Waals surface area contributed by atoms with Crippen molar-refractivity contribution < 1.29 is 46.7 Å². The third-order valence-electron chi connectivity index (χ3n) is 7.74. The van der Waals surface area contributed by atoms with Crippen molar-refractivity contribution >= 4 is 46.8 Å². The quantitative estimate of drug-likeness (QED) is 0.115. The minimum Gasteiger partial charge on any atom is -0.445 e. The Morgan fingerprint density at radius 2 is 1.70 bits per heavy atom. The molecule has 5 N–H and O–H groups in total. The molecule has 1 aliphatic heterocycles. The lowest BCUT2D eigenvalue weighted by atomic mass is 9.94. The van der Waals surface area contributed by atoms with Crippen molar-refractivity contribution in [1.29, 1.82) is 0 Å². The zero-order valence-electron chi connectivity index (χ0n) is 28.1. The van der Waals surface area contributed by atoms with Gasteiger partial charge in [-0.2, -0.15) is 13.2 Å². The molecular formula is C33H43F3N6O7S. The maximum atomic E-state index is 13.7. The van der Waals surface area contributed by atoms with Gasteiger partial charge in [0, 0.05) is 30.8 Å². The summed E-state index contributed by atoms with van der Waals surface area (Å²) in [5, 5.41) is 13.3. The van der Waals surface area contributed by atoms with Crippen LogP contribution in [0.2, 0.25) is 0 Å². The van der Waals surface area contributed by atoms with Crippen molar-refractivity contribution in [2.45, 2.75) is 90.2 Å². The summed E-state index contributed by atoms with van der Waals surface area (Å²) in [6.07, 6.45) is -4.55. The minimum absolute atomic E-state index is 0.0474. The molecular weight excluding hydrogens is 681 g/mol. The number of unbranched alkanes of at least 4 members (excludes halogenated alkanes) is 1. The Labute approximate surface area is 291 Å². The highest BCUT2D eigenvalue weighted by molar-refractivity contribution is 7.09. The fourth-order valence-electron chi connectivity index (χ4n) is 5.08. The molecule has 0 spiro atoms. The average Bonchev–Trinajstić information content (AvgIpc) is 3.71. The number of hydrogen-bond acceptors (Lipinski definition) is 9. The molecule has 17 heteroatoms. The number of thiazole rings is 1. The normalized spacial score (nSPS) is 16.1. The van der Waals surface area contributed by atoms with Gasteiger partial charge in [0.25, 0.3) is 5.91 Å². The van der Waals surface area contributed by atoms with Crippen LogP contribution in [0.4, 0.5) is 18.0 Å². The molecule has 0 bridgehead atoms. The van der Waals surface area contributed by atoms with Crippen molar-refractivity contribution in [1.82, 2.24) is 31.6 Å². The Kier molecular flexibility index (Phi) is 15.2. The zero-order chi connectivity index (χ0) is 36.8. The maximum absolute atomic E-state index is 13.7. The molecule has 4 atom stereocenters. The second-order valence-electron chi connectivity index (χ2n) is 12.3. The third kappa shape index (κ3) is 12.7. The van der Waals surface area contributed by atoms with E-state index in [1.807, 2.05) is 6.92 Å². The van der Waals surface area contributed by atoms with Gasteiger partial charge in [0.1, 0.15) is 18.7 Å². The average molecular weight is 725 g/mol. The zero-order valence-corrected chi connectivity index (χ0v) is 28.9. The van der Waals surface area contributed by atoms with Crippen LogP contribution in [0, 0.1) is 11.8 Å². The predicted octanol–water partition coefficient (Wildman–Crippen LogP) is 3.03. The molecule has 3 rings (SSSR count). The first kappa shape index (κ1) is 39.9. The standard InChI is InChI=1S/C33H43F3N6O7S/c1-4-5-12-37-31(47)27(43)22(15-21-11-13-38-28(21)44)39-29(45)23(14-19(2)3)40-30(46)24(16-26-42-25(18-50-26)33(34,35)36)41-32(48)49-17-20-9-7-6-8-10-20/h6-10,18-19,21-24H,4-5,11-17H2,1-3H3,(H,37,47)(H,38,44)(H,39,45)(H,40,46)(H,41,48)/t21-,22-,23-,24-/m0/s1. The van der Waals surface area contributed by atoms with Crippen LogP contribution in [0.15, 0.2) is 35.7 Å². The fourth-order valence-corrected chi connectivity index (χ4v) is 5.93. The first-order chi connectivity index (χ1) is 23.7. The van der Waals surface area contributed by atoms with Gasteiger partial charge < -0.3 is 31.3 Å². The van der Waals surface area contributed by atoms with Gasteiger partial charge in [0.2, 0.25) is 23.5 Å². The van der Waals surface area contributed by atoms with Gasteiger partial charge >= 0.3 is 12.3 Å². The van der Waals surface area contributed by atoms with Gasteiger partial charge in [-0.05, 0) is 37.2 Å². The number of ketones is 1. The molecule has 1 saturated heterocycles. The summed E-state index contributed by atoms with van der Waals surface area (Å²) in [5.41, 5.74) is -0.518. The summed E-state index contributed by atoms with van der Waals surface area (Å²) in [6, 6.07) is 4.42. The van der Waals surface area contributed by atoms with Crippen LogP contribution < -0.4 is 26.6 Å². The molecule has 2 heterocycles. The van der Waals surface area contributed by atoms with Gasteiger partial charge in [0.05, 0.1) is 11.0 Å². The van der Waals surface area contributed by atoms with Crippen LogP contribution in [0.5, 0.6) is 0 Å². The molecule has 1 aromatic carbocycles. The molecule has 2 aromatic rings. The molecule has 1 aliphatic rings. The SMILES string of the molecule is CCCCNC(=O)C(=O)[C@H](C[C@@H]1CCNC1=O)NC(=O)[C@H](CC(C)C)NC(=O)[C@H](Cc1nc(C(F)(F)F)cs1)NC(=O)OCc1ccccc1. The number of ether oxygens (including phenoxy) is 1. The first-order valence-electron chi connectivity index (χ1n) is 16.4. The Hall–Kier alpha value is -4.54. The highest BCUT2D eigenvalue weighted by Gasteiger charge is 2.37. The van der Waals surface area contributed by atoms with Gasteiger partial charge in [-0.3, -0.25) is 24.0 Å². The van der Waals surface area contributed by atoms with E-state index >= 15 is 0 Å². The fraction of sp³-hybridized carbons (Fsp3) is 0.545. The lowest BCUT2D eigenvalue weighted by Gasteiger charge is -2.26. The summed E-state index contributed by atoms with van der Waals surface area (Å²) >= 11 is 0.641. The smallest absolute Gasteiger partial charge is 0.434 e. The number of halogens is 3. The van der Waals surface area contributed by atoms with Crippen molar-refractivity contribution in [2.75, 3.05) is 13.1 Å². The second kappa shape index (κ2) is 19.0. The van der Waals surface area contributed by atoms with E-state index in [0.717, 1.165) is 11.8 Å². The van der Waals surface area contributed by atoms with Crippen molar-refractivity contribution in [2.24, 2.45) is 11.8 Å². The van der Waals surface area contributed by atoms with E-state index in [0.29, 0.717) is 36.3 Å². The van der Waals surface area contributed by atoms with E-state index in [2.05, 4.69) is 31.6 Å². The Morgan fingerprint density at radius 3 is 2.30 bits per heavy atom. The maximum Gasteiger partial charge on any atom is 0.434 e. The van der Waals surface area contributed by atoms with E-state index in [-0.39, 0.29) is 42.8 Å². The van der Waals surface area contributed by atoms with Crippen LogP contribution in [0.3, 0.4) is 0 Å². The van der Waals surface area contributed by atoms with Gasteiger partial charge in [0.15, 0.2) is 5.69 Å². The van der Waals surface area contributed by atoms with Crippen LogP contribution >= 0.6 is 11.3 Å². The monoisotopic (exact) mass is 724 g/mol. The van der Waals surface area contributed by atoms with E-state index in [9.17, 15) is 41.9 Å². The van der Waals surface area contributed by atoms with Crippen LogP contribution in [-0.2, 0) is 47.9 Å². The molecule has 0 saturated carbocycles. The Balaban J connectivity index is 1.81. The third-order valence-corrected chi connectivity index (χ3v) is 8.61. The molecule has 0 unspecified atom stereocenters. The van der Waals surface area contributed by atoms with Gasteiger partial charge in [-0.15, -0.1) is 11.3 Å². The molecule has 1 aromatic heterocycles. The number of aromatic nitrogens is 1. The van der Waals surface area contributed by atoms with Crippen LogP contribution in [-0.4, -0.2) is 71.7 Å². The summed E-state index contributed by atoms with van der Waals surface area (Å²) in [7, 11) is 0. The van der Waals surface area contributed by atoms with Crippen molar-refractivity contribution in [3.05, 3.63) is 52.0 Å². The van der Waals surface area contributed by atoms with Gasteiger partial charge in [-0.25, -0.2) is 9.78 Å². The Bertz CT molecular complexity index is 1490. The molecule has 274 valence electrons. The number of Topliss-reactive ketones (excluding diaryl/α,β-unsaturated/α-hetero) is 1. The summed E-state index contributed by atoms with van der Waals surface area (Å²) in [5.74, 6) is -4.78. The van der Waals surface area contributed by atoms with E-state index < -0.39 is 71.9 Å². The number of alkyl carbamates (subject to hydrolysis) is 1. The molecule has 0 radical (unpaired) electrons. The van der Waals surface area contributed by atoms with E-state index in [1.165, 1.54) is 0 Å². The molecule has 13 nitrogen and oxygen atoms in total. The number of carbonyl (C=O) groups excluding carboxylic acids is 6. The summed E-state index contributed by atoms with van der Waals surface area (Å²) in [4.78, 5) is 81.9. The van der Waals surface area contributed by atoms with E-state index in [4.69, 9.17) is 4.74 Å². The number of rotatable bonds is 18. The molecule has 1 fully saturated rings. The topological polar surface area (TPSA) is 185 Å². The second-order valence-corrected chi connectivity index (χ2v) is 13.3. The van der Waals surface area contributed by atoms with Gasteiger partial charge in [-0.1, -0.05) is 57.5 Å². The lowest BCUT2D eigenvalue weighted by molar-refractivity contribution is -0.141. The number of hydrogen-bond donors (Lipinski definition) is 5. The number of carbonyl (C=O) groups is 6. The number of nitrogens with one attached hydrogen (secondary N) is 5. The predicted molar refractivity (Wildman–Crippen MR) is 176 cm³/mol. The van der Waals surface area contributed by atoms with Crippen LogP contribution in [0.1, 0.15) is 69.1 Å². The molecule has 0 aliphatic carbocycles. The number of amides is 5. The van der Waals surface area contributed by atoms with E-state index in [1.54, 1.807) is 44.2 Å². The van der Waals surface area contributed by atoms with Crippen molar-refractivity contribution in [3.8, 4) is 0 Å². The lowest BCUT2D eigenvalue weighted by Crippen LogP contribution is -2.57. The number of benzene rings is 1. The number of nitrogens with zero attached hydrogens (tertiary/aromatic N) is 1. The summed E-state index contributed by atoms with van der Waals surface area (Å²) in [6.45, 7) is 5.90. The minimum atomic E-state index is -4.73. The Morgan fingerprint density at radius 1 is 1.02 bits per heavy atom. The van der Waals surface area contributed by atoms with Crippen LogP contribution in [0.25, 0.3) is 0 Å². The highest BCUT2D eigenvalue weighted by Crippen LogP contribution is 2.30. The summed E-state index contributed by atoms with van der Waals surface area (Å²) < 4.78 is 45.0. The number of alkyl halides is 3. The van der Waals surface area contributed by atoms with Crippen molar-refractivity contribution in [3.63, 3.8) is 0 Å². The molecule has 50 heavy (non-hydrogen) atoms. The first-order valence-corrected chi connectivity index (χ1v) is 17.2. The molecule has 5 amide bonds.